The summed E-state index contributed by atoms with van der Waals surface area (Å²) in [4.78, 5) is 0. The molecule has 1 nitrogen and oxygen atoms in total. The monoisotopic (exact) mass is 328 g/mol. The van der Waals surface area contributed by atoms with Crippen molar-refractivity contribution in [3.05, 3.63) is 0 Å². The Bertz CT molecular complexity index is 547. The van der Waals surface area contributed by atoms with Crippen LogP contribution in [0.3, 0.4) is 0 Å². The van der Waals surface area contributed by atoms with Crippen LogP contribution in [-0.2, 0) is 0 Å². The van der Waals surface area contributed by atoms with Gasteiger partial charge in [0.05, 0.1) is 0 Å². The summed E-state index contributed by atoms with van der Waals surface area (Å²) in [6.45, 7) is 7.59. The molecular formula is C23H36O. The van der Waals surface area contributed by atoms with Gasteiger partial charge in [-0.3, -0.25) is 0 Å². The van der Waals surface area contributed by atoms with Gasteiger partial charge in [-0.1, -0.05) is 33.1 Å². The average Bonchev–Trinajstić information content (AvgIpc) is 2.92. The third-order valence-corrected chi connectivity index (χ3v) is 9.68. The third-order valence-electron chi connectivity index (χ3n) is 9.68. The van der Waals surface area contributed by atoms with Crippen molar-refractivity contribution in [3.8, 4) is 12.3 Å². The minimum Gasteiger partial charge on any atom is -0.378 e. The molecule has 4 saturated carbocycles. The smallest absolute Gasteiger partial charge is 0.125 e. The Kier molecular flexibility index (Phi) is 3.89. The van der Waals surface area contributed by atoms with Crippen LogP contribution >= 0.6 is 0 Å². The van der Waals surface area contributed by atoms with E-state index in [1.807, 2.05) is 0 Å². The summed E-state index contributed by atoms with van der Waals surface area (Å²) < 4.78 is 0. The van der Waals surface area contributed by atoms with Gasteiger partial charge in [0.25, 0.3) is 0 Å². The van der Waals surface area contributed by atoms with Crippen LogP contribution < -0.4 is 0 Å². The topological polar surface area (TPSA) is 20.2 Å². The molecule has 0 amide bonds. The first-order chi connectivity index (χ1) is 11.4. The van der Waals surface area contributed by atoms with Gasteiger partial charge < -0.3 is 5.11 Å². The molecule has 0 aromatic heterocycles. The second-order valence-electron chi connectivity index (χ2n) is 10.3. The lowest BCUT2D eigenvalue weighted by Gasteiger charge is -2.61. The van der Waals surface area contributed by atoms with Crippen LogP contribution in [0.2, 0.25) is 0 Å². The number of terminal acetylenes is 1. The molecule has 0 radical (unpaired) electrons. The van der Waals surface area contributed by atoms with Crippen molar-refractivity contribution in [2.45, 2.75) is 90.6 Å². The molecule has 1 N–H and O–H groups in total. The van der Waals surface area contributed by atoms with Gasteiger partial charge in [-0.15, -0.1) is 6.42 Å². The molecule has 24 heavy (non-hydrogen) atoms. The van der Waals surface area contributed by atoms with Gasteiger partial charge in [0.15, 0.2) is 0 Å². The second-order valence-corrected chi connectivity index (χ2v) is 10.3. The first-order valence-electron chi connectivity index (χ1n) is 10.6. The van der Waals surface area contributed by atoms with E-state index >= 15 is 0 Å². The standard InChI is InChI=1S/C23H36O/c1-5-16-8-10-19-18-9-7-17-15-23(24,6-2)14-13-22(17,4)20(18)11-12-21(16,19)3/h2,16-20,24H,5,7-15H2,1,3-4H3/t16?,17-,18?,19?,20?,21?,22?,23+/m0/s1. The SMILES string of the molecule is C#C[C@@]1(O)CCC2(C)C3CCC4(C)C(CC)CCC4C3CC[C@H]2C1. The number of rotatable bonds is 1. The van der Waals surface area contributed by atoms with E-state index in [2.05, 4.69) is 26.7 Å². The molecule has 0 aliphatic heterocycles. The Labute approximate surface area is 149 Å². The average molecular weight is 329 g/mol. The molecule has 6 unspecified atom stereocenters. The lowest BCUT2D eigenvalue weighted by molar-refractivity contribution is -0.138. The minimum absolute atomic E-state index is 0.428. The van der Waals surface area contributed by atoms with E-state index in [0.717, 1.165) is 42.9 Å². The fourth-order valence-corrected chi connectivity index (χ4v) is 8.16. The van der Waals surface area contributed by atoms with Gasteiger partial charge in [0.2, 0.25) is 0 Å². The van der Waals surface area contributed by atoms with Crippen molar-refractivity contribution >= 4 is 0 Å². The summed E-state index contributed by atoms with van der Waals surface area (Å²) in [5.74, 6) is 7.11. The highest BCUT2D eigenvalue weighted by Crippen LogP contribution is 2.68. The highest BCUT2D eigenvalue weighted by Gasteiger charge is 2.60. The van der Waals surface area contributed by atoms with Crippen molar-refractivity contribution in [2.75, 3.05) is 0 Å². The second kappa shape index (κ2) is 5.51. The van der Waals surface area contributed by atoms with Crippen LogP contribution in [0.15, 0.2) is 0 Å². The van der Waals surface area contributed by atoms with Crippen molar-refractivity contribution in [3.63, 3.8) is 0 Å². The molecule has 0 spiro atoms. The van der Waals surface area contributed by atoms with Gasteiger partial charge in [-0.25, -0.2) is 0 Å². The Hall–Kier alpha value is -0.480. The summed E-state index contributed by atoms with van der Waals surface area (Å²) >= 11 is 0. The van der Waals surface area contributed by atoms with E-state index in [0.29, 0.717) is 16.7 Å². The molecule has 0 aromatic carbocycles. The molecule has 134 valence electrons. The van der Waals surface area contributed by atoms with Crippen molar-refractivity contribution in [1.29, 1.82) is 0 Å². The number of hydrogen-bond acceptors (Lipinski definition) is 1. The zero-order valence-electron chi connectivity index (χ0n) is 16.0. The minimum atomic E-state index is -0.819. The molecule has 0 heterocycles. The molecule has 4 fully saturated rings. The van der Waals surface area contributed by atoms with E-state index in [9.17, 15) is 5.11 Å². The fourth-order valence-electron chi connectivity index (χ4n) is 8.16. The fraction of sp³-hybridized carbons (Fsp3) is 0.913. The van der Waals surface area contributed by atoms with Gasteiger partial charge >= 0.3 is 0 Å². The predicted octanol–water partition coefficient (Wildman–Crippen LogP) is 5.42. The summed E-state index contributed by atoms with van der Waals surface area (Å²) in [6.07, 6.45) is 18.3. The van der Waals surface area contributed by atoms with Gasteiger partial charge in [-0.2, -0.15) is 0 Å². The van der Waals surface area contributed by atoms with E-state index in [1.54, 1.807) is 0 Å². The van der Waals surface area contributed by atoms with Crippen LogP contribution in [0.1, 0.15) is 85.0 Å². The molecule has 4 rings (SSSR count). The Balaban J connectivity index is 1.60. The van der Waals surface area contributed by atoms with Crippen molar-refractivity contribution < 1.29 is 5.11 Å². The Morgan fingerprint density at radius 2 is 1.71 bits per heavy atom. The van der Waals surface area contributed by atoms with E-state index in [4.69, 9.17) is 6.42 Å². The Morgan fingerprint density at radius 1 is 0.958 bits per heavy atom. The summed E-state index contributed by atoms with van der Waals surface area (Å²) in [6, 6.07) is 0. The largest absolute Gasteiger partial charge is 0.378 e. The molecule has 0 saturated heterocycles. The van der Waals surface area contributed by atoms with Gasteiger partial charge in [0, 0.05) is 0 Å². The molecule has 4 aliphatic rings. The first kappa shape index (κ1) is 17.0. The Morgan fingerprint density at radius 3 is 2.42 bits per heavy atom. The first-order valence-corrected chi connectivity index (χ1v) is 10.6. The van der Waals surface area contributed by atoms with Gasteiger partial charge in [0.1, 0.15) is 5.60 Å². The molecule has 0 aromatic rings. The normalized spacial score (nSPS) is 56.7. The number of aliphatic hydroxyl groups is 1. The van der Waals surface area contributed by atoms with Crippen LogP contribution in [0.5, 0.6) is 0 Å². The molecule has 4 aliphatic carbocycles. The van der Waals surface area contributed by atoms with Crippen LogP contribution in [0.25, 0.3) is 0 Å². The zero-order chi connectivity index (χ0) is 17.2. The van der Waals surface area contributed by atoms with Crippen molar-refractivity contribution in [1.82, 2.24) is 0 Å². The van der Waals surface area contributed by atoms with Gasteiger partial charge in [-0.05, 0) is 98.2 Å². The molecule has 8 atom stereocenters. The van der Waals surface area contributed by atoms with Crippen LogP contribution in [0.4, 0.5) is 0 Å². The maximum Gasteiger partial charge on any atom is 0.125 e. The third kappa shape index (κ3) is 2.18. The summed E-state index contributed by atoms with van der Waals surface area (Å²) in [5.41, 5.74) is 0.228. The van der Waals surface area contributed by atoms with E-state index < -0.39 is 5.60 Å². The number of fused-ring (bicyclic) bond motifs is 5. The maximum atomic E-state index is 10.7. The molecule has 1 heteroatoms. The number of hydrogen-bond donors (Lipinski definition) is 1. The van der Waals surface area contributed by atoms with Crippen LogP contribution in [0, 0.1) is 52.8 Å². The highest BCUT2D eigenvalue weighted by atomic mass is 16.3. The molecule has 0 bridgehead atoms. The highest BCUT2D eigenvalue weighted by molar-refractivity contribution is 5.16. The summed E-state index contributed by atoms with van der Waals surface area (Å²) in [7, 11) is 0. The zero-order valence-corrected chi connectivity index (χ0v) is 16.0. The summed E-state index contributed by atoms with van der Waals surface area (Å²) in [5, 5.41) is 10.7. The maximum absolute atomic E-state index is 10.7. The lowest BCUT2D eigenvalue weighted by Crippen LogP contribution is -2.55. The molecular weight excluding hydrogens is 292 g/mol. The van der Waals surface area contributed by atoms with E-state index in [1.165, 1.54) is 44.9 Å². The van der Waals surface area contributed by atoms with E-state index in [-0.39, 0.29) is 0 Å². The quantitative estimate of drug-likeness (QED) is 0.637. The lowest BCUT2D eigenvalue weighted by atomic mass is 9.44. The van der Waals surface area contributed by atoms with Crippen LogP contribution in [-0.4, -0.2) is 10.7 Å². The van der Waals surface area contributed by atoms with Crippen molar-refractivity contribution in [2.24, 2.45) is 40.4 Å². The predicted molar refractivity (Wildman–Crippen MR) is 99.3 cm³/mol.